The fraction of sp³-hybridized carbons (Fsp3) is 0.368. The number of nitrogens with one attached hydrogen (secondary N) is 1. The van der Waals surface area contributed by atoms with Crippen molar-refractivity contribution < 1.29 is 23.8 Å². The Morgan fingerprint density at radius 1 is 1.04 bits per heavy atom. The Labute approximate surface area is 304 Å². The molecule has 2 aliphatic heterocycles. The molecule has 8 rings (SSSR count). The zero-order chi connectivity index (χ0) is 35.1. The van der Waals surface area contributed by atoms with E-state index in [0.717, 1.165) is 36.8 Å². The lowest BCUT2D eigenvalue weighted by Crippen LogP contribution is -2.36. The highest BCUT2D eigenvalue weighted by Gasteiger charge is 2.66. The molecule has 1 amide bonds. The molecular weight excluding hydrogens is 694 g/mol. The van der Waals surface area contributed by atoms with E-state index in [2.05, 4.69) is 10.2 Å². The van der Waals surface area contributed by atoms with E-state index in [1.165, 1.54) is 6.07 Å². The lowest BCUT2D eigenvalue weighted by molar-refractivity contribution is -0.0368. The van der Waals surface area contributed by atoms with Crippen LogP contribution < -0.4 is 10.2 Å². The van der Waals surface area contributed by atoms with Crippen LogP contribution in [0.1, 0.15) is 48.7 Å². The van der Waals surface area contributed by atoms with Crippen LogP contribution in [0.3, 0.4) is 0 Å². The molecular formula is C38H37Cl2FN6O4. The summed E-state index contributed by atoms with van der Waals surface area (Å²) in [7, 11) is 0. The summed E-state index contributed by atoms with van der Waals surface area (Å²) in [5, 5.41) is 19.3. The van der Waals surface area contributed by atoms with Crippen molar-refractivity contribution in [3.63, 3.8) is 0 Å². The Hall–Kier alpha value is -4.29. The van der Waals surface area contributed by atoms with Gasteiger partial charge in [0.2, 0.25) is 0 Å². The summed E-state index contributed by atoms with van der Waals surface area (Å²) in [5.41, 5.74) is 3.77. The number of alkyl carbamates (subject to hydrolysis) is 1. The monoisotopic (exact) mass is 730 g/mol. The van der Waals surface area contributed by atoms with Crippen molar-refractivity contribution in [3.05, 3.63) is 105 Å². The fourth-order valence-electron chi connectivity index (χ4n) is 8.05. The Balaban J connectivity index is 1.11. The molecule has 0 radical (unpaired) electrons. The first-order valence-electron chi connectivity index (χ1n) is 17.3. The number of nitrogens with zero attached hydrogens (tertiary/aromatic N) is 5. The Morgan fingerprint density at radius 3 is 2.67 bits per heavy atom. The molecule has 264 valence electrons. The minimum Gasteiger partial charge on any atom is -0.445 e. The van der Waals surface area contributed by atoms with Gasteiger partial charge in [0, 0.05) is 37.2 Å². The molecule has 2 N–H and O–H groups in total. The number of hydrogen-bond acceptors (Lipinski definition) is 8. The average molecular weight is 732 g/mol. The number of halogens is 3. The molecule has 1 aliphatic carbocycles. The molecule has 13 heteroatoms. The number of aliphatic hydroxyl groups excluding tert-OH is 1. The van der Waals surface area contributed by atoms with E-state index in [4.69, 9.17) is 47.7 Å². The SMILES string of the molecule is O=C(NCC1(c2cccc(F)c2)C2CCN(c3nc4c(nc3CO)c(-c3cccc(Cl)c3Cl)nn4C3CCCCO3)CC21)OCc1ccccc1. The largest absolute Gasteiger partial charge is 0.445 e. The second kappa shape index (κ2) is 14.0. The highest BCUT2D eigenvalue weighted by molar-refractivity contribution is 6.43. The normalized spacial score (nSPS) is 22.8. The fourth-order valence-corrected chi connectivity index (χ4v) is 8.44. The van der Waals surface area contributed by atoms with Crippen molar-refractivity contribution in [2.45, 2.75) is 50.5 Å². The van der Waals surface area contributed by atoms with Crippen LogP contribution in [-0.4, -0.2) is 57.2 Å². The molecule has 0 bridgehead atoms. The summed E-state index contributed by atoms with van der Waals surface area (Å²) < 4.78 is 28.1. The first-order chi connectivity index (χ1) is 24.9. The topological polar surface area (TPSA) is 115 Å². The van der Waals surface area contributed by atoms with Crippen molar-refractivity contribution in [2.24, 2.45) is 11.8 Å². The predicted molar refractivity (Wildman–Crippen MR) is 192 cm³/mol. The predicted octanol–water partition coefficient (Wildman–Crippen LogP) is 7.45. The number of carbonyl (C=O) groups excluding carboxylic acids is 1. The van der Waals surface area contributed by atoms with Crippen molar-refractivity contribution >= 4 is 46.3 Å². The second-order valence-electron chi connectivity index (χ2n) is 13.5. The highest BCUT2D eigenvalue weighted by Crippen LogP contribution is 2.63. The summed E-state index contributed by atoms with van der Waals surface area (Å²) in [5.74, 6) is 0.488. The molecule has 10 nitrogen and oxygen atoms in total. The molecule has 1 saturated carbocycles. The first kappa shape index (κ1) is 33.8. The minimum absolute atomic E-state index is 0.0685. The van der Waals surface area contributed by atoms with E-state index in [-0.39, 0.29) is 37.1 Å². The number of amides is 1. The van der Waals surface area contributed by atoms with Crippen LogP contribution in [0, 0.1) is 17.7 Å². The number of fused-ring (bicyclic) bond motifs is 2. The van der Waals surface area contributed by atoms with Gasteiger partial charge in [-0.2, -0.15) is 5.10 Å². The van der Waals surface area contributed by atoms with Gasteiger partial charge in [-0.05, 0) is 66.8 Å². The number of anilines is 1. The third kappa shape index (κ3) is 6.30. The molecule has 4 atom stereocenters. The van der Waals surface area contributed by atoms with Gasteiger partial charge in [0.25, 0.3) is 0 Å². The van der Waals surface area contributed by atoms with Gasteiger partial charge in [-0.25, -0.2) is 23.8 Å². The minimum atomic E-state index is -0.525. The number of hydrogen-bond donors (Lipinski definition) is 2. The van der Waals surface area contributed by atoms with Crippen LogP contribution in [0.4, 0.5) is 15.0 Å². The van der Waals surface area contributed by atoms with Gasteiger partial charge in [0.1, 0.15) is 29.3 Å². The number of aliphatic hydroxyl groups is 1. The van der Waals surface area contributed by atoms with Crippen LogP contribution in [0.2, 0.25) is 10.0 Å². The number of carbonyl (C=O) groups is 1. The summed E-state index contributed by atoms with van der Waals surface area (Å²) in [4.78, 5) is 25.2. The van der Waals surface area contributed by atoms with Gasteiger partial charge >= 0.3 is 6.09 Å². The van der Waals surface area contributed by atoms with Crippen LogP contribution in [0.5, 0.6) is 0 Å². The maximum absolute atomic E-state index is 14.7. The van der Waals surface area contributed by atoms with Gasteiger partial charge in [0.05, 0.1) is 16.7 Å². The van der Waals surface area contributed by atoms with Crippen molar-refractivity contribution in [1.82, 2.24) is 25.1 Å². The molecule has 0 spiro atoms. The van der Waals surface area contributed by atoms with Gasteiger partial charge in [-0.3, -0.25) is 0 Å². The molecule has 4 unspecified atom stereocenters. The molecule has 3 fully saturated rings. The number of aromatic nitrogens is 4. The third-order valence-electron chi connectivity index (χ3n) is 10.6. The molecule has 5 aromatic rings. The smallest absolute Gasteiger partial charge is 0.407 e. The molecule has 2 saturated heterocycles. The van der Waals surface area contributed by atoms with Gasteiger partial charge in [-0.1, -0.05) is 77.8 Å². The summed E-state index contributed by atoms with van der Waals surface area (Å²) >= 11 is 13.1. The molecule has 3 aliphatic rings. The van der Waals surface area contributed by atoms with E-state index in [9.17, 15) is 14.3 Å². The lowest BCUT2D eigenvalue weighted by atomic mass is 9.91. The average Bonchev–Trinajstić information content (AvgIpc) is 3.67. The Kier molecular flexibility index (Phi) is 9.31. The van der Waals surface area contributed by atoms with Crippen molar-refractivity contribution in [1.29, 1.82) is 0 Å². The van der Waals surface area contributed by atoms with Crippen molar-refractivity contribution in [2.75, 3.05) is 31.1 Å². The van der Waals surface area contributed by atoms with Gasteiger partial charge in [0.15, 0.2) is 17.7 Å². The van der Waals surface area contributed by atoms with Crippen LogP contribution in [-0.2, 0) is 28.1 Å². The van der Waals surface area contributed by atoms with Crippen LogP contribution in [0.25, 0.3) is 22.4 Å². The second-order valence-corrected chi connectivity index (χ2v) is 14.2. The standard InChI is InChI=1S/C38H37Cl2FN6O4/c39-29-13-7-12-26(32(29)40)33-34-36(47(45-33)31-14-4-5-17-50-31)44-35(30(20-48)43-34)46-16-15-27-28(19-46)38(27,24-10-6-11-25(41)18-24)22-42-37(49)51-21-23-8-2-1-3-9-23/h1-3,6-13,18,27-28,31,48H,4-5,14-17,19-22H2,(H,42,49). The summed E-state index contributed by atoms with van der Waals surface area (Å²) in [6, 6.07) is 21.5. The van der Waals surface area contributed by atoms with E-state index in [1.807, 2.05) is 48.5 Å². The Morgan fingerprint density at radius 2 is 1.88 bits per heavy atom. The maximum atomic E-state index is 14.7. The maximum Gasteiger partial charge on any atom is 0.407 e. The summed E-state index contributed by atoms with van der Waals surface area (Å²) in [6.07, 6.45) is 2.63. The molecule has 2 aromatic heterocycles. The van der Waals surface area contributed by atoms with E-state index < -0.39 is 11.5 Å². The zero-order valence-corrected chi connectivity index (χ0v) is 29.3. The van der Waals surface area contributed by atoms with Crippen molar-refractivity contribution in [3.8, 4) is 11.3 Å². The van der Waals surface area contributed by atoms with Crippen LogP contribution >= 0.6 is 23.2 Å². The number of benzene rings is 3. The van der Waals surface area contributed by atoms with E-state index in [1.54, 1.807) is 22.9 Å². The van der Waals surface area contributed by atoms with E-state index in [0.29, 0.717) is 70.2 Å². The number of rotatable bonds is 9. The molecule has 4 heterocycles. The lowest BCUT2D eigenvalue weighted by Gasteiger charge is -2.29. The third-order valence-corrected chi connectivity index (χ3v) is 11.4. The number of ether oxygens (including phenoxy) is 2. The van der Waals surface area contributed by atoms with Gasteiger partial charge < -0.3 is 24.8 Å². The van der Waals surface area contributed by atoms with E-state index >= 15 is 0 Å². The quantitative estimate of drug-likeness (QED) is 0.161. The zero-order valence-electron chi connectivity index (χ0n) is 27.8. The van der Waals surface area contributed by atoms with Crippen LogP contribution in [0.15, 0.2) is 72.8 Å². The number of piperidine rings is 1. The molecule has 3 aromatic carbocycles. The summed E-state index contributed by atoms with van der Waals surface area (Å²) in [6.45, 7) is 1.90. The molecule has 51 heavy (non-hydrogen) atoms. The first-order valence-corrected chi connectivity index (χ1v) is 18.0. The Bertz CT molecular complexity index is 2080. The highest BCUT2D eigenvalue weighted by atomic mass is 35.5. The van der Waals surface area contributed by atoms with Gasteiger partial charge in [-0.15, -0.1) is 0 Å².